The first-order valence-electron chi connectivity index (χ1n) is 12.1. The zero-order valence-electron chi connectivity index (χ0n) is 20.1. The molecule has 0 fully saturated rings. The fraction of sp³-hybridized carbons (Fsp3) is 0.161. The van der Waals surface area contributed by atoms with Gasteiger partial charge in [-0.1, -0.05) is 56.0 Å². The molecular formula is C31H28N2Si+2. The quantitative estimate of drug-likeness (QED) is 0.227. The van der Waals surface area contributed by atoms with Crippen molar-refractivity contribution in [3.05, 3.63) is 114 Å². The Labute approximate surface area is 201 Å². The molecule has 0 aliphatic carbocycles. The van der Waals surface area contributed by atoms with E-state index < -0.39 is 13.7 Å². The minimum atomic E-state index is -1.56. The van der Waals surface area contributed by atoms with E-state index >= 15 is 0 Å². The van der Waals surface area contributed by atoms with Gasteiger partial charge in [-0.15, -0.1) is 9.13 Å². The summed E-state index contributed by atoms with van der Waals surface area (Å²) in [6.45, 7) is 9.66. The number of para-hydroxylation sites is 1. The smallest absolute Gasteiger partial charge is 0.126 e. The summed E-state index contributed by atoms with van der Waals surface area (Å²) in [6.07, 6.45) is 2.50. The van der Waals surface area contributed by atoms with Gasteiger partial charge in [0.1, 0.15) is 11.1 Å². The highest BCUT2D eigenvalue weighted by Crippen LogP contribution is 2.47. The Kier molecular flexibility index (Phi) is 3.81. The van der Waals surface area contributed by atoms with Crippen molar-refractivity contribution in [2.24, 2.45) is 0 Å². The molecular weight excluding hydrogens is 428 g/mol. The molecule has 0 amide bonds. The molecule has 7 rings (SSSR count). The number of aryl methyl sites for hydroxylation is 1. The van der Waals surface area contributed by atoms with Crippen LogP contribution in [-0.4, -0.2) is 8.07 Å². The maximum Gasteiger partial charge on any atom is 0.418 e. The lowest BCUT2D eigenvalue weighted by Gasteiger charge is -2.22. The molecule has 2 aliphatic rings. The number of pyridine rings is 2. The zero-order chi connectivity index (χ0) is 23.2. The van der Waals surface area contributed by atoms with Gasteiger partial charge >= 0.3 is 5.66 Å². The zero-order valence-corrected chi connectivity index (χ0v) is 21.1. The van der Waals surface area contributed by atoms with E-state index in [-0.39, 0.29) is 0 Å². The topological polar surface area (TPSA) is 7.76 Å². The van der Waals surface area contributed by atoms with E-state index in [1.165, 1.54) is 55.3 Å². The molecule has 2 aromatic heterocycles. The number of fused-ring (bicyclic) bond motifs is 12. The average Bonchev–Trinajstić information content (AvgIpc) is 3.30. The largest absolute Gasteiger partial charge is 0.418 e. The lowest BCUT2D eigenvalue weighted by atomic mass is 9.90. The minimum Gasteiger partial charge on any atom is -0.126 e. The monoisotopic (exact) mass is 456 g/mol. The molecule has 3 aromatic carbocycles. The first kappa shape index (κ1) is 19.9. The molecule has 0 N–H and O–H groups in total. The summed E-state index contributed by atoms with van der Waals surface area (Å²) in [7, 11) is -1.56. The molecule has 2 aliphatic heterocycles. The van der Waals surface area contributed by atoms with Gasteiger partial charge in [-0.05, 0) is 48.9 Å². The maximum absolute atomic E-state index is 2.60. The van der Waals surface area contributed by atoms with E-state index in [2.05, 4.69) is 133 Å². The molecule has 0 radical (unpaired) electrons. The van der Waals surface area contributed by atoms with Gasteiger partial charge in [-0.2, -0.15) is 0 Å². The van der Waals surface area contributed by atoms with Crippen LogP contribution in [-0.2, 0) is 5.66 Å². The summed E-state index contributed by atoms with van der Waals surface area (Å²) in [6, 6.07) is 33.9. The Bertz CT molecular complexity index is 1660. The normalized spacial score (nSPS) is 17.5. The number of hydrogen-bond acceptors (Lipinski definition) is 0. The Morgan fingerprint density at radius 3 is 2.00 bits per heavy atom. The molecule has 0 saturated heterocycles. The number of nitrogens with zero attached hydrogens (tertiary/aromatic N) is 2. The van der Waals surface area contributed by atoms with Crippen LogP contribution in [0.2, 0.25) is 19.6 Å². The molecule has 1 spiro atoms. The second kappa shape index (κ2) is 6.52. The summed E-state index contributed by atoms with van der Waals surface area (Å²) >= 11 is 0. The van der Waals surface area contributed by atoms with Crippen molar-refractivity contribution in [3.8, 4) is 22.5 Å². The predicted molar refractivity (Wildman–Crippen MR) is 141 cm³/mol. The molecule has 0 unspecified atom stereocenters. The van der Waals surface area contributed by atoms with E-state index in [1.807, 2.05) is 0 Å². The van der Waals surface area contributed by atoms with Gasteiger partial charge in [0.2, 0.25) is 16.9 Å². The molecule has 34 heavy (non-hydrogen) atoms. The molecule has 2 nitrogen and oxygen atoms in total. The van der Waals surface area contributed by atoms with Crippen LogP contribution >= 0.6 is 0 Å². The van der Waals surface area contributed by atoms with Crippen molar-refractivity contribution in [2.75, 3.05) is 0 Å². The second-order valence-electron chi connectivity index (χ2n) is 10.8. The van der Waals surface area contributed by atoms with E-state index in [4.69, 9.17) is 0 Å². The Balaban J connectivity index is 1.75. The fourth-order valence-corrected chi connectivity index (χ4v) is 8.22. The summed E-state index contributed by atoms with van der Waals surface area (Å²) in [4.78, 5) is 0. The van der Waals surface area contributed by atoms with Gasteiger partial charge in [0, 0.05) is 28.8 Å². The van der Waals surface area contributed by atoms with E-state index in [0.29, 0.717) is 0 Å². The van der Waals surface area contributed by atoms with Crippen molar-refractivity contribution in [3.63, 3.8) is 0 Å². The van der Waals surface area contributed by atoms with Crippen LogP contribution in [0.25, 0.3) is 33.4 Å². The highest BCUT2D eigenvalue weighted by molar-refractivity contribution is 6.88. The van der Waals surface area contributed by atoms with Crippen LogP contribution < -0.4 is 14.3 Å². The third-order valence-corrected chi connectivity index (χ3v) is 9.91. The first-order chi connectivity index (χ1) is 16.4. The lowest BCUT2D eigenvalue weighted by molar-refractivity contribution is -0.944. The Morgan fingerprint density at radius 2 is 1.29 bits per heavy atom. The average molecular weight is 457 g/mol. The molecule has 1 atom stereocenters. The second-order valence-corrected chi connectivity index (χ2v) is 15.8. The van der Waals surface area contributed by atoms with E-state index in [1.54, 1.807) is 0 Å². The molecule has 3 heteroatoms. The van der Waals surface area contributed by atoms with E-state index in [0.717, 1.165) is 0 Å². The number of aromatic nitrogens is 2. The summed E-state index contributed by atoms with van der Waals surface area (Å²) in [5, 5.41) is 2.79. The van der Waals surface area contributed by atoms with Gasteiger partial charge in [0.25, 0.3) is 0 Å². The molecule has 0 saturated carbocycles. The molecule has 164 valence electrons. The SMILES string of the molecule is Cc1cc2[n+](cc1[Si](C)(C)C)[C@@]1(c3ccccc3-2)c2ccccc2-c2ccc3ccccc3[n+]21. The van der Waals surface area contributed by atoms with Crippen molar-refractivity contribution in [1.82, 2.24) is 0 Å². The van der Waals surface area contributed by atoms with Crippen LogP contribution in [0.15, 0.2) is 97.2 Å². The van der Waals surface area contributed by atoms with Gasteiger partial charge in [0.05, 0.1) is 19.2 Å². The van der Waals surface area contributed by atoms with Crippen LogP contribution in [0.3, 0.4) is 0 Å². The molecule has 0 bridgehead atoms. The van der Waals surface area contributed by atoms with Gasteiger partial charge in [0.15, 0.2) is 6.20 Å². The van der Waals surface area contributed by atoms with Crippen molar-refractivity contribution >= 4 is 24.2 Å². The highest BCUT2D eigenvalue weighted by atomic mass is 28.3. The number of rotatable bonds is 1. The van der Waals surface area contributed by atoms with Crippen molar-refractivity contribution in [1.29, 1.82) is 0 Å². The lowest BCUT2D eigenvalue weighted by Crippen LogP contribution is -2.72. The highest BCUT2D eigenvalue weighted by Gasteiger charge is 2.67. The first-order valence-corrected chi connectivity index (χ1v) is 15.6. The van der Waals surface area contributed by atoms with Crippen molar-refractivity contribution in [2.45, 2.75) is 32.2 Å². The molecule has 4 heterocycles. The van der Waals surface area contributed by atoms with Gasteiger partial charge in [-0.25, -0.2) is 0 Å². The maximum atomic E-state index is 2.60. The van der Waals surface area contributed by atoms with Crippen LogP contribution in [0.5, 0.6) is 0 Å². The third kappa shape index (κ3) is 2.30. The number of hydrogen-bond donors (Lipinski definition) is 0. The van der Waals surface area contributed by atoms with Crippen molar-refractivity contribution < 1.29 is 9.13 Å². The van der Waals surface area contributed by atoms with Crippen LogP contribution in [0.4, 0.5) is 0 Å². The van der Waals surface area contributed by atoms with E-state index in [9.17, 15) is 0 Å². The third-order valence-electron chi connectivity index (χ3n) is 7.77. The summed E-state index contributed by atoms with van der Waals surface area (Å²) in [5.41, 5.74) is 10.2. The predicted octanol–water partition coefficient (Wildman–Crippen LogP) is 5.53. The Hall–Kier alpha value is -3.56. The van der Waals surface area contributed by atoms with Gasteiger partial charge in [-0.3, -0.25) is 0 Å². The Morgan fingerprint density at radius 1 is 0.676 bits per heavy atom. The fourth-order valence-electron chi connectivity index (χ4n) is 6.45. The summed E-state index contributed by atoms with van der Waals surface area (Å²) in [5.74, 6) is 0. The standard InChI is InChI=1S/C31H28N2Si/c1-21-19-29-24-13-7-9-15-26(24)31(32(29)20-30(21)34(2,3)4)25-14-8-6-12-23(25)28-18-17-22-11-5-10-16-27(22)33(28)31/h5-20H,1-4H3/q+2/t31-/m0/s1. The van der Waals surface area contributed by atoms with Crippen LogP contribution in [0.1, 0.15) is 16.7 Å². The van der Waals surface area contributed by atoms with Gasteiger partial charge < -0.3 is 0 Å². The summed E-state index contributed by atoms with van der Waals surface area (Å²) < 4.78 is 5.20. The minimum absolute atomic E-state index is 0.444. The van der Waals surface area contributed by atoms with Crippen LogP contribution in [0, 0.1) is 6.92 Å². The number of benzene rings is 3. The molecule has 5 aromatic rings.